The highest BCUT2D eigenvalue weighted by molar-refractivity contribution is 7.91. The monoisotopic (exact) mass is 232 g/mol. The third-order valence-corrected chi connectivity index (χ3v) is 5.44. The number of hydrogen-bond donors (Lipinski definition) is 1. The summed E-state index contributed by atoms with van der Waals surface area (Å²) in [5.41, 5.74) is 1.66. The highest BCUT2D eigenvalue weighted by Crippen LogP contribution is 2.17. The van der Waals surface area contributed by atoms with Crippen LogP contribution in [-0.4, -0.2) is 31.7 Å². The predicted octanol–water partition coefficient (Wildman–Crippen LogP) is 0.420. The van der Waals surface area contributed by atoms with Gasteiger partial charge in [-0.1, -0.05) is 0 Å². The fraction of sp³-hybridized carbons (Fsp3) is 0.625. The summed E-state index contributed by atoms with van der Waals surface area (Å²) >= 11 is 1.40. The van der Waals surface area contributed by atoms with Crippen LogP contribution >= 0.6 is 11.3 Å². The minimum absolute atomic E-state index is 0.143. The molecule has 0 amide bonds. The zero-order valence-electron chi connectivity index (χ0n) is 7.64. The van der Waals surface area contributed by atoms with Gasteiger partial charge in [0.2, 0.25) is 0 Å². The molecule has 4 nitrogen and oxygen atoms in total. The summed E-state index contributed by atoms with van der Waals surface area (Å²) in [6.07, 6.45) is 2.37. The Morgan fingerprint density at radius 1 is 1.64 bits per heavy atom. The van der Waals surface area contributed by atoms with Crippen LogP contribution in [0.3, 0.4) is 0 Å². The fourth-order valence-electron chi connectivity index (χ4n) is 1.56. The van der Waals surface area contributed by atoms with Gasteiger partial charge in [0.25, 0.3) is 0 Å². The molecule has 0 saturated carbocycles. The molecule has 14 heavy (non-hydrogen) atoms. The summed E-state index contributed by atoms with van der Waals surface area (Å²) in [7, 11) is -2.98. The second-order valence-electron chi connectivity index (χ2n) is 3.39. The van der Waals surface area contributed by atoms with E-state index in [9.17, 15) is 8.42 Å². The minimum atomic E-state index is -2.98. The van der Waals surface area contributed by atoms with Crippen molar-refractivity contribution in [2.24, 2.45) is 0 Å². The second kappa shape index (κ2) is 3.96. The topological polar surface area (TPSA) is 59.1 Å². The van der Waals surface area contributed by atoms with Crippen LogP contribution in [0.5, 0.6) is 0 Å². The minimum Gasteiger partial charge on any atom is -0.315 e. The highest BCUT2D eigenvalue weighted by atomic mass is 32.2. The number of nitrogens with one attached hydrogen (secondary N) is 1. The van der Waals surface area contributed by atoms with Crippen molar-refractivity contribution in [1.82, 2.24) is 10.3 Å². The molecular formula is C8H12N2O2S2. The lowest BCUT2D eigenvalue weighted by Gasteiger charge is -2.08. The summed E-state index contributed by atoms with van der Waals surface area (Å²) in [6.45, 7) is 1.41. The predicted molar refractivity (Wildman–Crippen MR) is 56.0 cm³/mol. The van der Waals surface area contributed by atoms with Gasteiger partial charge in [0.1, 0.15) is 0 Å². The van der Waals surface area contributed by atoms with E-state index in [0.29, 0.717) is 6.54 Å². The second-order valence-corrected chi connectivity index (χ2v) is 6.64. The number of rotatable bonds is 3. The van der Waals surface area contributed by atoms with E-state index in [1.807, 2.05) is 0 Å². The van der Waals surface area contributed by atoms with Crippen LogP contribution in [0, 0.1) is 0 Å². The van der Waals surface area contributed by atoms with Crippen LogP contribution in [0.4, 0.5) is 0 Å². The van der Waals surface area contributed by atoms with Crippen molar-refractivity contribution in [3.8, 4) is 0 Å². The first-order valence-corrected chi connectivity index (χ1v) is 7.07. The molecule has 1 N–H and O–H groups in total. The largest absolute Gasteiger partial charge is 0.315 e. The van der Waals surface area contributed by atoms with Crippen molar-refractivity contribution in [3.05, 3.63) is 16.6 Å². The maximum atomic E-state index is 11.8. The average Bonchev–Trinajstić information content (AvgIpc) is 2.71. The quantitative estimate of drug-likeness (QED) is 0.820. The Balaban J connectivity index is 2.09. The van der Waals surface area contributed by atoms with Gasteiger partial charge in [0, 0.05) is 17.6 Å². The molecule has 1 aromatic heterocycles. The lowest BCUT2D eigenvalue weighted by atomic mass is 10.4. The zero-order chi connectivity index (χ0) is 10.0. The Hall–Kier alpha value is -0.460. The molecule has 2 rings (SSSR count). The summed E-state index contributed by atoms with van der Waals surface area (Å²) in [5.74, 6) is 0.143. The van der Waals surface area contributed by atoms with Crippen molar-refractivity contribution in [2.75, 3.05) is 13.1 Å². The van der Waals surface area contributed by atoms with Gasteiger partial charge >= 0.3 is 0 Å². The third kappa shape index (κ3) is 2.13. The van der Waals surface area contributed by atoms with E-state index in [1.54, 1.807) is 11.7 Å². The van der Waals surface area contributed by atoms with E-state index in [2.05, 4.69) is 10.3 Å². The molecule has 0 aromatic carbocycles. The van der Waals surface area contributed by atoms with Gasteiger partial charge in [0.15, 0.2) is 9.84 Å². The molecule has 1 atom stereocenters. The maximum absolute atomic E-state index is 11.8. The molecule has 78 valence electrons. The van der Waals surface area contributed by atoms with Gasteiger partial charge in [-0.3, -0.25) is 4.98 Å². The van der Waals surface area contributed by atoms with E-state index in [1.165, 1.54) is 11.3 Å². The van der Waals surface area contributed by atoms with E-state index < -0.39 is 9.84 Å². The molecule has 2 heterocycles. The first-order valence-electron chi connectivity index (χ1n) is 4.48. The van der Waals surface area contributed by atoms with Crippen LogP contribution in [0.1, 0.15) is 11.3 Å². The zero-order valence-corrected chi connectivity index (χ0v) is 9.27. The van der Waals surface area contributed by atoms with Crippen LogP contribution in [-0.2, 0) is 15.6 Å². The van der Waals surface area contributed by atoms with Gasteiger partial charge in [-0.25, -0.2) is 8.42 Å². The van der Waals surface area contributed by atoms with Gasteiger partial charge in [0.05, 0.1) is 16.5 Å². The van der Waals surface area contributed by atoms with Gasteiger partial charge in [-0.15, -0.1) is 11.3 Å². The van der Waals surface area contributed by atoms with Gasteiger partial charge < -0.3 is 5.32 Å². The van der Waals surface area contributed by atoms with Crippen molar-refractivity contribution in [2.45, 2.75) is 17.4 Å². The van der Waals surface area contributed by atoms with Crippen LogP contribution in [0.25, 0.3) is 0 Å². The molecule has 6 heteroatoms. The summed E-state index contributed by atoms with van der Waals surface area (Å²) in [5, 5.41) is 2.86. The van der Waals surface area contributed by atoms with Crippen LogP contribution in [0.15, 0.2) is 11.7 Å². The molecule has 0 bridgehead atoms. The van der Waals surface area contributed by atoms with Crippen molar-refractivity contribution in [1.29, 1.82) is 0 Å². The normalized spacial score (nSPS) is 22.7. The molecular weight excluding hydrogens is 220 g/mol. The SMILES string of the molecule is O=S(=O)(Cc1cncs1)[C@H]1CCNC1. The Morgan fingerprint density at radius 2 is 2.50 bits per heavy atom. The third-order valence-electron chi connectivity index (χ3n) is 2.35. The van der Waals surface area contributed by atoms with Gasteiger partial charge in [-0.2, -0.15) is 0 Å². The Kier molecular flexibility index (Phi) is 2.85. The van der Waals surface area contributed by atoms with E-state index in [4.69, 9.17) is 0 Å². The Morgan fingerprint density at radius 3 is 3.07 bits per heavy atom. The number of sulfone groups is 1. The molecule has 1 aliphatic heterocycles. The molecule has 0 radical (unpaired) electrons. The molecule has 0 unspecified atom stereocenters. The summed E-state index contributed by atoms with van der Waals surface area (Å²) in [4.78, 5) is 4.70. The molecule has 1 aliphatic rings. The first kappa shape index (κ1) is 10.1. The van der Waals surface area contributed by atoms with Crippen molar-refractivity contribution < 1.29 is 8.42 Å². The average molecular weight is 232 g/mol. The molecule has 1 aromatic rings. The van der Waals surface area contributed by atoms with E-state index in [0.717, 1.165) is 17.8 Å². The first-order chi connectivity index (χ1) is 6.68. The summed E-state index contributed by atoms with van der Waals surface area (Å²) < 4.78 is 23.7. The number of aromatic nitrogens is 1. The summed E-state index contributed by atoms with van der Waals surface area (Å²) in [6, 6.07) is 0. The maximum Gasteiger partial charge on any atom is 0.159 e. The standard InChI is InChI=1S/C8H12N2O2S2/c11-14(12,8-1-2-9-4-8)5-7-3-10-6-13-7/h3,6,8-9H,1-2,4-5H2/t8-/m0/s1. The lowest BCUT2D eigenvalue weighted by molar-refractivity contribution is 0.582. The number of hydrogen-bond acceptors (Lipinski definition) is 5. The smallest absolute Gasteiger partial charge is 0.159 e. The van der Waals surface area contributed by atoms with Crippen LogP contribution < -0.4 is 5.32 Å². The van der Waals surface area contributed by atoms with E-state index >= 15 is 0 Å². The molecule has 1 saturated heterocycles. The Labute approximate surface area is 87.3 Å². The molecule has 0 spiro atoms. The molecule has 1 fully saturated rings. The van der Waals surface area contributed by atoms with Crippen LogP contribution in [0.2, 0.25) is 0 Å². The Bertz CT molecular complexity index is 379. The highest BCUT2D eigenvalue weighted by Gasteiger charge is 2.28. The fourth-order valence-corrected chi connectivity index (χ4v) is 4.26. The van der Waals surface area contributed by atoms with Crippen molar-refractivity contribution >= 4 is 21.2 Å². The number of thiazole rings is 1. The van der Waals surface area contributed by atoms with E-state index in [-0.39, 0.29) is 11.0 Å². The van der Waals surface area contributed by atoms with Crippen molar-refractivity contribution in [3.63, 3.8) is 0 Å². The van der Waals surface area contributed by atoms with Gasteiger partial charge in [-0.05, 0) is 13.0 Å². The molecule has 0 aliphatic carbocycles. The number of nitrogens with zero attached hydrogens (tertiary/aromatic N) is 1. The lowest BCUT2D eigenvalue weighted by Crippen LogP contribution is -2.24.